The Morgan fingerprint density at radius 2 is 2.20 bits per heavy atom. The zero-order chi connectivity index (χ0) is 21.9. The summed E-state index contributed by atoms with van der Waals surface area (Å²) in [6.45, 7) is 1.54. The average molecular weight is 431 g/mol. The zero-order valence-corrected chi connectivity index (χ0v) is 17.0. The van der Waals surface area contributed by atoms with E-state index in [-0.39, 0.29) is 28.7 Å². The van der Waals surface area contributed by atoms with Crippen LogP contribution < -0.4 is 11.1 Å². The number of nitriles is 1. The Balaban J connectivity index is 1.91. The molecule has 1 amide bonds. The lowest BCUT2D eigenvalue weighted by Gasteiger charge is -2.38. The summed E-state index contributed by atoms with van der Waals surface area (Å²) in [5.41, 5.74) is 4.87. The fraction of sp³-hybridized carbons (Fsp3) is 0.300. The number of rotatable bonds is 5. The Morgan fingerprint density at radius 3 is 2.83 bits per heavy atom. The van der Waals surface area contributed by atoms with E-state index in [9.17, 15) is 9.18 Å². The van der Waals surface area contributed by atoms with Crippen molar-refractivity contribution in [1.82, 2.24) is 4.98 Å². The quantitative estimate of drug-likeness (QED) is 0.753. The molecule has 0 saturated heterocycles. The van der Waals surface area contributed by atoms with Gasteiger partial charge in [-0.25, -0.2) is 18.8 Å². The van der Waals surface area contributed by atoms with Gasteiger partial charge in [0.25, 0.3) is 5.91 Å². The second-order valence-electron chi connectivity index (χ2n) is 6.80. The number of pyridine rings is 1. The number of nitrogens with zero attached hydrogens (tertiary/aromatic N) is 3. The minimum atomic E-state index is -1.59. The standard InChI is InChI=1S/C20H19F2N5O2S/c1-20(17(22)16(10-29-2)30-19(24)27-20)13-7-12(4-5-14(13)21)26-18(28)15-6-3-11(8-23)9-25-15/h3-7,9,16-17H,10H2,1-2H3,(H2,24,27)(H,26,28)/t16-,17+,20-/m1/s1. The lowest BCUT2D eigenvalue weighted by atomic mass is 9.85. The van der Waals surface area contributed by atoms with Crippen LogP contribution in [0.2, 0.25) is 0 Å². The monoisotopic (exact) mass is 431 g/mol. The highest BCUT2D eigenvalue weighted by atomic mass is 32.2. The van der Waals surface area contributed by atoms with Crippen molar-refractivity contribution >= 4 is 28.5 Å². The number of aromatic nitrogens is 1. The number of anilines is 1. The van der Waals surface area contributed by atoms with Crippen LogP contribution in [0.5, 0.6) is 0 Å². The number of methoxy groups -OCH3 is 1. The molecule has 7 nitrogen and oxygen atoms in total. The van der Waals surface area contributed by atoms with E-state index in [4.69, 9.17) is 15.7 Å². The number of ether oxygens (including phenoxy) is 1. The van der Waals surface area contributed by atoms with E-state index in [1.807, 2.05) is 6.07 Å². The summed E-state index contributed by atoms with van der Waals surface area (Å²) in [5.74, 6) is -1.23. The molecule has 1 aromatic heterocycles. The normalized spacial score (nSPS) is 23.4. The van der Waals surface area contributed by atoms with Crippen molar-refractivity contribution in [1.29, 1.82) is 5.26 Å². The first-order chi connectivity index (χ1) is 14.3. The molecule has 3 N–H and O–H groups in total. The number of carbonyl (C=O) groups excluding carboxylic acids is 1. The van der Waals surface area contributed by atoms with Crippen LogP contribution in [-0.4, -0.2) is 41.2 Å². The molecule has 30 heavy (non-hydrogen) atoms. The van der Waals surface area contributed by atoms with Crippen LogP contribution in [0.1, 0.15) is 28.5 Å². The number of nitrogens with two attached hydrogens (primary N) is 1. The molecule has 3 rings (SSSR count). The van der Waals surface area contributed by atoms with Gasteiger partial charge in [0, 0.05) is 24.6 Å². The van der Waals surface area contributed by atoms with Crippen molar-refractivity contribution in [3.63, 3.8) is 0 Å². The Labute approximate surface area is 176 Å². The molecular weight excluding hydrogens is 412 g/mol. The van der Waals surface area contributed by atoms with Gasteiger partial charge in [-0.1, -0.05) is 11.8 Å². The van der Waals surface area contributed by atoms with Crippen LogP contribution >= 0.6 is 11.8 Å². The predicted molar refractivity (Wildman–Crippen MR) is 110 cm³/mol. The molecule has 0 radical (unpaired) electrons. The van der Waals surface area contributed by atoms with Crippen molar-refractivity contribution < 1.29 is 18.3 Å². The second-order valence-corrected chi connectivity index (χ2v) is 8.06. The number of halogens is 2. The lowest BCUT2D eigenvalue weighted by Crippen LogP contribution is -2.47. The fourth-order valence-electron chi connectivity index (χ4n) is 3.17. The summed E-state index contributed by atoms with van der Waals surface area (Å²) in [6, 6.07) is 8.59. The smallest absolute Gasteiger partial charge is 0.274 e. The van der Waals surface area contributed by atoms with Crippen molar-refractivity contribution in [2.24, 2.45) is 10.7 Å². The lowest BCUT2D eigenvalue weighted by molar-refractivity contribution is 0.102. The highest BCUT2D eigenvalue weighted by Crippen LogP contribution is 2.42. The molecule has 2 aromatic rings. The fourth-order valence-corrected chi connectivity index (χ4v) is 4.31. The number of nitrogens with one attached hydrogen (secondary N) is 1. The molecule has 1 aromatic carbocycles. The summed E-state index contributed by atoms with van der Waals surface area (Å²) in [7, 11) is 1.44. The third-order valence-corrected chi connectivity index (χ3v) is 5.71. The molecule has 0 bridgehead atoms. The van der Waals surface area contributed by atoms with Crippen LogP contribution in [-0.2, 0) is 10.3 Å². The zero-order valence-electron chi connectivity index (χ0n) is 16.2. The number of aliphatic imine (C=N–C) groups is 1. The highest BCUT2D eigenvalue weighted by molar-refractivity contribution is 8.14. The third-order valence-electron chi connectivity index (χ3n) is 4.70. The van der Waals surface area contributed by atoms with Crippen LogP contribution in [0.4, 0.5) is 14.5 Å². The van der Waals surface area contributed by atoms with Crippen LogP contribution in [0.15, 0.2) is 41.5 Å². The summed E-state index contributed by atoms with van der Waals surface area (Å²) in [4.78, 5) is 20.5. The number of benzene rings is 1. The molecule has 3 atom stereocenters. The van der Waals surface area contributed by atoms with Crippen molar-refractivity contribution in [2.75, 3.05) is 19.0 Å². The Kier molecular flexibility index (Phi) is 6.34. The number of thioether (sulfide) groups is 1. The van der Waals surface area contributed by atoms with E-state index in [1.54, 1.807) is 0 Å². The SMILES string of the molecule is COC[C@H]1SC(N)=N[C@](C)(c2cc(NC(=O)c3ccc(C#N)cn3)ccc2F)[C@H]1F. The van der Waals surface area contributed by atoms with Gasteiger partial charge in [0.1, 0.15) is 29.3 Å². The Morgan fingerprint density at radius 1 is 1.43 bits per heavy atom. The molecule has 156 valence electrons. The maximum atomic E-state index is 15.3. The summed E-state index contributed by atoms with van der Waals surface area (Å²) >= 11 is 1.04. The van der Waals surface area contributed by atoms with Gasteiger partial charge in [-0.05, 0) is 37.3 Å². The Bertz CT molecular complexity index is 1020. The summed E-state index contributed by atoms with van der Waals surface area (Å²) in [5, 5.41) is 10.9. The summed E-state index contributed by atoms with van der Waals surface area (Å²) < 4.78 is 35.0. The number of amidine groups is 1. The second kappa shape index (κ2) is 8.77. The van der Waals surface area contributed by atoms with E-state index in [0.717, 1.165) is 17.8 Å². The largest absolute Gasteiger partial charge is 0.383 e. The molecule has 2 heterocycles. The van der Waals surface area contributed by atoms with E-state index >= 15 is 4.39 Å². The maximum absolute atomic E-state index is 15.3. The number of hydrogen-bond donors (Lipinski definition) is 2. The van der Waals surface area contributed by atoms with Crippen LogP contribution in [0.3, 0.4) is 0 Å². The highest BCUT2D eigenvalue weighted by Gasteiger charge is 2.47. The van der Waals surface area contributed by atoms with Gasteiger partial charge in [-0.3, -0.25) is 4.79 Å². The molecule has 0 aliphatic carbocycles. The number of alkyl halides is 1. The molecule has 0 unspecified atom stereocenters. The third kappa shape index (κ3) is 4.27. The van der Waals surface area contributed by atoms with Gasteiger partial charge >= 0.3 is 0 Å². The van der Waals surface area contributed by atoms with E-state index < -0.39 is 28.7 Å². The van der Waals surface area contributed by atoms with Crippen molar-refractivity contribution in [3.8, 4) is 6.07 Å². The Hall–Kier alpha value is -3.03. The topological polar surface area (TPSA) is 113 Å². The molecule has 1 aliphatic heterocycles. The van der Waals surface area contributed by atoms with Gasteiger partial charge < -0.3 is 15.8 Å². The van der Waals surface area contributed by atoms with Crippen LogP contribution in [0, 0.1) is 17.1 Å². The number of amides is 1. The van der Waals surface area contributed by atoms with E-state index in [0.29, 0.717) is 5.56 Å². The van der Waals surface area contributed by atoms with E-state index in [1.165, 1.54) is 44.5 Å². The molecule has 1 aliphatic rings. The van der Waals surface area contributed by atoms with Gasteiger partial charge in [-0.2, -0.15) is 5.26 Å². The molecule has 10 heteroatoms. The minimum Gasteiger partial charge on any atom is -0.383 e. The minimum absolute atomic E-state index is 0.0371. The maximum Gasteiger partial charge on any atom is 0.274 e. The first kappa shape index (κ1) is 21.7. The molecule has 0 spiro atoms. The molecular formula is C20H19F2N5O2S. The van der Waals surface area contributed by atoms with Gasteiger partial charge in [0.15, 0.2) is 5.17 Å². The summed E-state index contributed by atoms with van der Waals surface area (Å²) in [6.07, 6.45) is -0.303. The van der Waals surface area contributed by atoms with E-state index in [2.05, 4.69) is 15.3 Å². The van der Waals surface area contributed by atoms with Crippen LogP contribution in [0.25, 0.3) is 0 Å². The molecule has 0 fully saturated rings. The van der Waals surface area contributed by atoms with Crippen molar-refractivity contribution in [3.05, 3.63) is 59.2 Å². The number of carbonyl (C=O) groups is 1. The average Bonchev–Trinajstić information content (AvgIpc) is 2.73. The van der Waals surface area contributed by atoms with Gasteiger partial charge in [0.2, 0.25) is 0 Å². The first-order valence-corrected chi connectivity index (χ1v) is 9.79. The number of hydrogen-bond acceptors (Lipinski definition) is 7. The first-order valence-electron chi connectivity index (χ1n) is 8.91. The predicted octanol–water partition coefficient (Wildman–Crippen LogP) is 2.97. The van der Waals surface area contributed by atoms with Gasteiger partial charge in [0.05, 0.1) is 17.4 Å². The van der Waals surface area contributed by atoms with Crippen molar-refractivity contribution in [2.45, 2.75) is 23.9 Å². The van der Waals surface area contributed by atoms with Gasteiger partial charge in [-0.15, -0.1) is 0 Å². The molecule has 0 saturated carbocycles.